The van der Waals surface area contributed by atoms with Crippen LogP contribution in [-0.2, 0) is 20.7 Å². The molecule has 3 heterocycles. The molecule has 0 radical (unpaired) electrons. The number of nitrogens with zero attached hydrogens (tertiary/aromatic N) is 5. The molecule has 0 amide bonds. The number of para-hydroxylation sites is 1. The molecule has 0 saturated heterocycles. The number of aromatic nitrogens is 5. The summed E-state index contributed by atoms with van der Waals surface area (Å²) in [5, 5.41) is 4.50. The number of imidazole rings is 1. The van der Waals surface area contributed by atoms with Crippen molar-refractivity contribution < 1.29 is 4.74 Å². The molecule has 0 N–H and O–H groups in total. The summed E-state index contributed by atoms with van der Waals surface area (Å²) in [6, 6.07) is 18.7. The van der Waals surface area contributed by atoms with Crippen LogP contribution >= 0.6 is 0 Å². The van der Waals surface area contributed by atoms with Gasteiger partial charge in [-0.25, -0.2) is 4.98 Å². The van der Waals surface area contributed by atoms with Gasteiger partial charge >= 0.3 is 0 Å². The molecule has 0 unspecified atom stereocenters. The number of hydrogen-bond acceptors (Lipinski definition) is 4. The first-order chi connectivity index (χ1) is 15.1. The molecule has 5 rings (SSSR count). The molecular formula is C25H23N5O. The monoisotopic (exact) mass is 409 g/mol. The third kappa shape index (κ3) is 3.68. The van der Waals surface area contributed by atoms with Crippen molar-refractivity contribution in [1.82, 2.24) is 24.3 Å². The van der Waals surface area contributed by atoms with E-state index >= 15 is 0 Å². The summed E-state index contributed by atoms with van der Waals surface area (Å²) in [5.74, 6) is 0.621. The van der Waals surface area contributed by atoms with Crippen molar-refractivity contribution in [2.24, 2.45) is 14.1 Å². The van der Waals surface area contributed by atoms with Gasteiger partial charge in [0, 0.05) is 37.7 Å². The van der Waals surface area contributed by atoms with E-state index in [1.807, 2.05) is 56.4 Å². The smallest absolute Gasteiger partial charge is 0.241 e. The fourth-order valence-corrected chi connectivity index (χ4v) is 3.81. The molecule has 6 nitrogen and oxygen atoms in total. The van der Waals surface area contributed by atoms with Gasteiger partial charge in [0.05, 0.1) is 22.9 Å². The lowest BCUT2D eigenvalue weighted by molar-refractivity contribution is 0.292. The van der Waals surface area contributed by atoms with Crippen LogP contribution in [0.5, 0.6) is 5.88 Å². The van der Waals surface area contributed by atoms with Gasteiger partial charge in [0.15, 0.2) is 0 Å². The van der Waals surface area contributed by atoms with Crippen LogP contribution in [0, 0.1) is 6.92 Å². The molecule has 154 valence electrons. The summed E-state index contributed by atoms with van der Waals surface area (Å²) in [5.41, 5.74) is 8.47. The zero-order valence-corrected chi connectivity index (χ0v) is 17.8. The van der Waals surface area contributed by atoms with E-state index < -0.39 is 0 Å². The Kier molecular flexibility index (Phi) is 4.75. The SMILES string of the molecule is Cc1cc(-c2cn(C)nc2OCc2ccc(-c3cccc4c3ncn4C)cc2)ccn1. The number of aryl methyl sites for hydroxylation is 3. The standard InChI is InChI=1S/C25H23N5O/c1-17-13-20(11-12-26-17)22-14-30(3)28-25(22)31-15-18-7-9-19(10-8-18)21-5-4-6-23-24(21)27-16-29(23)2/h4-14,16H,15H2,1-3H3. The second-order valence-electron chi connectivity index (χ2n) is 7.72. The zero-order valence-electron chi connectivity index (χ0n) is 17.8. The number of fused-ring (bicyclic) bond motifs is 1. The predicted molar refractivity (Wildman–Crippen MR) is 122 cm³/mol. The van der Waals surface area contributed by atoms with E-state index in [9.17, 15) is 0 Å². The van der Waals surface area contributed by atoms with Gasteiger partial charge in [-0.1, -0.05) is 36.4 Å². The summed E-state index contributed by atoms with van der Waals surface area (Å²) in [4.78, 5) is 8.84. The molecule has 0 saturated carbocycles. The van der Waals surface area contributed by atoms with E-state index in [4.69, 9.17) is 4.74 Å². The summed E-state index contributed by atoms with van der Waals surface area (Å²) in [7, 11) is 3.91. The van der Waals surface area contributed by atoms with Crippen LogP contribution in [0.15, 0.2) is 73.3 Å². The molecule has 0 aliphatic heterocycles. The molecule has 31 heavy (non-hydrogen) atoms. The normalized spacial score (nSPS) is 11.2. The first-order valence-corrected chi connectivity index (χ1v) is 10.2. The van der Waals surface area contributed by atoms with Crippen LogP contribution in [0.4, 0.5) is 0 Å². The van der Waals surface area contributed by atoms with Gasteiger partial charge in [-0.05, 0) is 41.8 Å². The van der Waals surface area contributed by atoms with Gasteiger partial charge in [0.25, 0.3) is 0 Å². The first-order valence-electron chi connectivity index (χ1n) is 10.2. The Morgan fingerprint density at radius 1 is 0.903 bits per heavy atom. The van der Waals surface area contributed by atoms with E-state index in [2.05, 4.69) is 57.5 Å². The van der Waals surface area contributed by atoms with Gasteiger partial charge in [0.2, 0.25) is 5.88 Å². The van der Waals surface area contributed by atoms with Crippen molar-refractivity contribution in [1.29, 1.82) is 0 Å². The number of ether oxygens (including phenoxy) is 1. The summed E-state index contributed by atoms with van der Waals surface area (Å²) < 4.78 is 9.90. The average molecular weight is 409 g/mol. The van der Waals surface area contributed by atoms with E-state index in [0.29, 0.717) is 12.5 Å². The average Bonchev–Trinajstić information content (AvgIpc) is 3.35. The molecule has 0 aliphatic rings. The third-order valence-electron chi connectivity index (χ3n) is 5.40. The molecule has 2 aromatic carbocycles. The maximum atomic E-state index is 6.09. The Hall–Kier alpha value is -3.93. The molecule has 0 atom stereocenters. The number of pyridine rings is 1. The van der Waals surface area contributed by atoms with Gasteiger partial charge in [-0.15, -0.1) is 5.10 Å². The highest BCUT2D eigenvalue weighted by Gasteiger charge is 2.13. The van der Waals surface area contributed by atoms with E-state index in [0.717, 1.165) is 44.5 Å². The highest BCUT2D eigenvalue weighted by atomic mass is 16.5. The minimum absolute atomic E-state index is 0.447. The van der Waals surface area contributed by atoms with Crippen molar-refractivity contribution in [2.45, 2.75) is 13.5 Å². The van der Waals surface area contributed by atoms with Gasteiger partial charge < -0.3 is 9.30 Å². The van der Waals surface area contributed by atoms with Crippen LogP contribution < -0.4 is 4.74 Å². The minimum Gasteiger partial charge on any atom is -0.471 e. The number of rotatable bonds is 5. The van der Waals surface area contributed by atoms with Crippen LogP contribution in [-0.4, -0.2) is 24.3 Å². The van der Waals surface area contributed by atoms with E-state index in [1.54, 1.807) is 4.68 Å². The van der Waals surface area contributed by atoms with E-state index in [-0.39, 0.29) is 0 Å². The molecule has 0 spiro atoms. The molecular weight excluding hydrogens is 386 g/mol. The number of benzene rings is 2. The lowest BCUT2D eigenvalue weighted by Gasteiger charge is -2.08. The molecule has 3 aromatic heterocycles. The summed E-state index contributed by atoms with van der Waals surface area (Å²) in [6.07, 6.45) is 5.63. The quantitative estimate of drug-likeness (QED) is 0.413. The fourth-order valence-electron chi connectivity index (χ4n) is 3.81. The molecule has 0 bridgehead atoms. The first kappa shape index (κ1) is 19.1. The highest BCUT2D eigenvalue weighted by Crippen LogP contribution is 2.30. The summed E-state index contributed by atoms with van der Waals surface area (Å²) >= 11 is 0. The number of hydrogen-bond donors (Lipinski definition) is 0. The van der Waals surface area contributed by atoms with Gasteiger partial charge in [-0.3, -0.25) is 9.67 Å². The second-order valence-corrected chi connectivity index (χ2v) is 7.72. The maximum Gasteiger partial charge on any atom is 0.241 e. The van der Waals surface area contributed by atoms with Crippen LogP contribution in [0.2, 0.25) is 0 Å². The van der Waals surface area contributed by atoms with Crippen molar-refractivity contribution in [3.05, 3.63) is 84.6 Å². The molecule has 5 aromatic rings. The van der Waals surface area contributed by atoms with Crippen LogP contribution in [0.3, 0.4) is 0 Å². The second kappa shape index (κ2) is 7.72. The Morgan fingerprint density at radius 3 is 2.55 bits per heavy atom. The molecule has 0 aliphatic carbocycles. The van der Waals surface area contributed by atoms with Gasteiger partial charge in [-0.2, -0.15) is 0 Å². The van der Waals surface area contributed by atoms with Crippen LogP contribution in [0.1, 0.15) is 11.3 Å². The van der Waals surface area contributed by atoms with Crippen molar-refractivity contribution in [2.75, 3.05) is 0 Å². The fraction of sp³-hybridized carbons (Fsp3) is 0.160. The topological polar surface area (TPSA) is 57.8 Å². The summed E-state index contributed by atoms with van der Waals surface area (Å²) in [6.45, 7) is 2.43. The molecule has 6 heteroatoms. The van der Waals surface area contributed by atoms with Crippen molar-refractivity contribution >= 4 is 11.0 Å². The third-order valence-corrected chi connectivity index (χ3v) is 5.40. The largest absolute Gasteiger partial charge is 0.471 e. The maximum absolute atomic E-state index is 6.09. The lowest BCUT2D eigenvalue weighted by atomic mass is 10.0. The predicted octanol–water partition coefficient (Wildman–Crippen LogP) is 4.92. The Morgan fingerprint density at radius 2 is 1.74 bits per heavy atom. The van der Waals surface area contributed by atoms with Crippen LogP contribution in [0.25, 0.3) is 33.3 Å². The molecule has 0 fully saturated rings. The lowest BCUT2D eigenvalue weighted by Crippen LogP contribution is -1.98. The Balaban J connectivity index is 1.37. The Labute approximate surface area is 180 Å². The Bertz CT molecular complexity index is 1360. The van der Waals surface area contributed by atoms with Crippen molar-refractivity contribution in [3.8, 4) is 28.1 Å². The van der Waals surface area contributed by atoms with Gasteiger partial charge in [0.1, 0.15) is 6.61 Å². The van der Waals surface area contributed by atoms with E-state index in [1.165, 1.54) is 0 Å². The zero-order chi connectivity index (χ0) is 21.4. The van der Waals surface area contributed by atoms with Crippen molar-refractivity contribution in [3.63, 3.8) is 0 Å². The minimum atomic E-state index is 0.447. The highest BCUT2D eigenvalue weighted by molar-refractivity contribution is 5.92.